The summed E-state index contributed by atoms with van der Waals surface area (Å²) in [6.45, 7) is 1.96. The third-order valence-corrected chi connectivity index (χ3v) is 3.13. The Balaban J connectivity index is 1.88. The van der Waals surface area contributed by atoms with Crippen molar-refractivity contribution in [3.63, 3.8) is 0 Å². The number of carbonyl (C=O) groups excluding carboxylic acids is 1. The van der Waals surface area contributed by atoms with Gasteiger partial charge in [0.25, 0.3) is 0 Å². The standard InChI is InChI=1S/C15H18N4O3/c1-11(18-15(22)16-9-7-14(20)21)12-3-5-13(6-4-12)19-10-2-8-17-19/h2-6,8,10-11H,7,9H2,1H3,(H,20,21)(H2,16,18,22). The number of amides is 2. The molecule has 7 nitrogen and oxygen atoms in total. The first-order chi connectivity index (χ1) is 10.6. The molecule has 0 radical (unpaired) electrons. The number of hydrogen-bond donors (Lipinski definition) is 3. The minimum absolute atomic E-state index is 0.0969. The lowest BCUT2D eigenvalue weighted by molar-refractivity contribution is -0.136. The molecule has 116 valence electrons. The van der Waals surface area contributed by atoms with Crippen LogP contribution in [-0.2, 0) is 4.79 Å². The monoisotopic (exact) mass is 302 g/mol. The molecule has 7 heteroatoms. The average Bonchev–Trinajstić information content (AvgIpc) is 3.01. The molecule has 0 fully saturated rings. The van der Waals surface area contributed by atoms with Gasteiger partial charge in [0.1, 0.15) is 0 Å². The first kappa shape index (κ1) is 15.6. The largest absolute Gasteiger partial charge is 0.481 e. The van der Waals surface area contributed by atoms with E-state index in [1.54, 1.807) is 10.9 Å². The molecular formula is C15H18N4O3. The van der Waals surface area contributed by atoms with Gasteiger partial charge in [-0.15, -0.1) is 0 Å². The number of rotatable bonds is 6. The summed E-state index contributed by atoms with van der Waals surface area (Å²) in [6, 6.07) is 8.95. The second kappa shape index (κ2) is 7.26. The van der Waals surface area contributed by atoms with E-state index < -0.39 is 5.97 Å². The number of nitrogens with one attached hydrogen (secondary N) is 2. The highest BCUT2D eigenvalue weighted by molar-refractivity contribution is 5.75. The predicted octanol–water partition coefficient (Wildman–Crippen LogP) is 1.71. The van der Waals surface area contributed by atoms with Gasteiger partial charge in [0, 0.05) is 18.9 Å². The lowest BCUT2D eigenvalue weighted by atomic mass is 10.1. The molecule has 0 aliphatic heterocycles. The highest BCUT2D eigenvalue weighted by atomic mass is 16.4. The SMILES string of the molecule is CC(NC(=O)NCCC(=O)O)c1ccc(-n2cccn2)cc1. The van der Waals surface area contributed by atoms with Crippen molar-refractivity contribution >= 4 is 12.0 Å². The molecule has 2 rings (SSSR count). The molecule has 2 amide bonds. The van der Waals surface area contributed by atoms with Crippen LogP contribution in [0, 0.1) is 0 Å². The highest BCUT2D eigenvalue weighted by Crippen LogP contribution is 2.15. The van der Waals surface area contributed by atoms with Crippen molar-refractivity contribution in [2.24, 2.45) is 0 Å². The van der Waals surface area contributed by atoms with Crippen LogP contribution in [0.2, 0.25) is 0 Å². The van der Waals surface area contributed by atoms with Crippen molar-refractivity contribution in [1.82, 2.24) is 20.4 Å². The molecule has 0 saturated carbocycles. The minimum atomic E-state index is -0.942. The molecular weight excluding hydrogens is 284 g/mol. The summed E-state index contributed by atoms with van der Waals surface area (Å²) in [6.07, 6.45) is 3.46. The number of aromatic nitrogens is 2. The number of urea groups is 1. The van der Waals surface area contributed by atoms with Crippen LogP contribution in [0.3, 0.4) is 0 Å². The summed E-state index contributed by atoms with van der Waals surface area (Å²) in [5.41, 5.74) is 1.89. The number of benzene rings is 1. The Bertz CT molecular complexity index is 623. The fourth-order valence-corrected chi connectivity index (χ4v) is 1.95. The van der Waals surface area contributed by atoms with Crippen LogP contribution in [0.5, 0.6) is 0 Å². The number of carboxylic acid groups (broad SMARTS) is 1. The zero-order valence-electron chi connectivity index (χ0n) is 12.2. The van der Waals surface area contributed by atoms with Gasteiger partial charge < -0.3 is 15.7 Å². The van der Waals surface area contributed by atoms with Gasteiger partial charge in [0.2, 0.25) is 0 Å². The van der Waals surface area contributed by atoms with E-state index in [2.05, 4.69) is 15.7 Å². The first-order valence-electron chi connectivity index (χ1n) is 6.92. The maximum absolute atomic E-state index is 11.6. The Morgan fingerprint density at radius 2 is 2.05 bits per heavy atom. The lowest BCUT2D eigenvalue weighted by Crippen LogP contribution is -2.38. The summed E-state index contributed by atoms with van der Waals surface area (Å²) in [5, 5.41) is 17.9. The zero-order valence-corrected chi connectivity index (χ0v) is 12.2. The molecule has 0 aliphatic carbocycles. The third-order valence-electron chi connectivity index (χ3n) is 3.13. The van der Waals surface area contributed by atoms with Crippen LogP contribution in [0.1, 0.15) is 24.9 Å². The van der Waals surface area contributed by atoms with Gasteiger partial charge >= 0.3 is 12.0 Å². The van der Waals surface area contributed by atoms with Crippen molar-refractivity contribution in [1.29, 1.82) is 0 Å². The fourth-order valence-electron chi connectivity index (χ4n) is 1.95. The number of nitrogens with zero attached hydrogens (tertiary/aromatic N) is 2. The van der Waals surface area contributed by atoms with Crippen LogP contribution >= 0.6 is 0 Å². The maximum Gasteiger partial charge on any atom is 0.315 e. The summed E-state index contributed by atoms with van der Waals surface area (Å²) >= 11 is 0. The van der Waals surface area contributed by atoms with E-state index in [1.165, 1.54) is 0 Å². The summed E-state index contributed by atoms with van der Waals surface area (Å²) in [4.78, 5) is 22.0. The van der Waals surface area contributed by atoms with Gasteiger partial charge in [0.05, 0.1) is 18.2 Å². The smallest absolute Gasteiger partial charge is 0.315 e. The summed E-state index contributed by atoms with van der Waals surface area (Å²) in [7, 11) is 0. The van der Waals surface area contributed by atoms with E-state index in [1.807, 2.05) is 43.5 Å². The van der Waals surface area contributed by atoms with E-state index >= 15 is 0 Å². The van der Waals surface area contributed by atoms with Crippen LogP contribution in [0.25, 0.3) is 5.69 Å². The molecule has 1 atom stereocenters. The second-order valence-corrected chi connectivity index (χ2v) is 4.81. The molecule has 2 aromatic rings. The van der Waals surface area contributed by atoms with Gasteiger partial charge in [-0.2, -0.15) is 5.10 Å². The third kappa shape index (κ3) is 4.34. The molecule has 1 heterocycles. The summed E-state index contributed by atoms with van der Waals surface area (Å²) in [5.74, 6) is -0.942. The van der Waals surface area contributed by atoms with Crippen molar-refractivity contribution in [2.45, 2.75) is 19.4 Å². The van der Waals surface area contributed by atoms with Gasteiger partial charge in [-0.05, 0) is 30.7 Å². The predicted molar refractivity (Wildman–Crippen MR) is 80.8 cm³/mol. The molecule has 1 aromatic carbocycles. The topological polar surface area (TPSA) is 96.3 Å². The Morgan fingerprint density at radius 1 is 1.32 bits per heavy atom. The molecule has 3 N–H and O–H groups in total. The Labute approximate surface area is 128 Å². The lowest BCUT2D eigenvalue weighted by Gasteiger charge is -2.15. The average molecular weight is 302 g/mol. The Morgan fingerprint density at radius 3 is 2.64 bits per heavy atom. The van der Waals surface area contributed by atoms with Gasteiger partial charge in [-0.1, -0.05) is 12.1 Å². The molecule has 1 unspecified atom stereocenters. The van der Waals surface area contributed by atoms with E-state index in [9.17, 15) is 9.59 Å². The van der Waals surface area contributed by atoms with E-state index in [4.69, 9.17) is 5.11 Å². The fraction of sp³-hybridized carbons (Fsp3) is 0.267. The second-order valence-electron chi connectivity index (χ2n) is 4.81. The van der Waals surface area contributed by atoms with Crippen molar-refractivity contribution in [2.75, 3.05) is 6.54 Å². The molecule has 0 aliphatic rings. The molecule has 0 saturated heterocycles. The maximum atomic E-state index is 11.6. The molecule has 0 spiro atoms. The van der Waals surface area contributed by atoms with Crippen molar-refractivity contribution in [3.05, 3.63) is 48.3 Å². The number of aliphatic carboxylic acids is 1. The van der Waals surface area contributed by atoms with E-state index in [0.29, 0.717) is 0 Å². The Kier molecular flexibility index (Phi) is 5.13. The normalized spacial score (nSPS) is 11.7. The zero-order chi connectivity index (χ0) is 15.9. The number of carbonyl (C=O) groups is 2. The van der Waals surface area contributed by atoms with Crippen LogP contribution in [0.15, 0.2) is 42.7 Å². The van der Waals surface area contributed by atoms with Crippen LogP contribution < -0.4 is 10.6 Å². The molecule has 1 aromatic heterocycles. The van der Waals surface area contributed by atoms with E-state index in [-0.39, 0.29) is 25.0 Å². The van der Waals surface area contributed by atoms with Crippen LogP contribution in [0.4, 0.5) is 4.79 Å². The van der Waals surface area contributed by atoms with Crippen molar-refractivity contribution < 1.29 is 14.7 Å². The quantitative estimate of drug-likeness (QED) is 0.756. The van der Waals surface area contributed by atoms with Gasteiger partial charge in [-0.3, -0.25) is 4.79 Å². The summed E-state index contributed by atoms with van der Waals surface area (Å²) < 4.78 is 1.75. The van der Waals surface area contributed by atoms with Gasteiger partial charge in [-0.25, -0.2) is 9.48 Å². The molecule has 0 bridgehead atoms. The number of hydrogen-bond acceptors (Lipinski definition) is 3. The van der Waals surface area contributed by atoms with E-state index in [0.717, 1.165) is 11.3 Å². The highest BCUT2D eigenvalue weighted by Gasteiger charge is 2.09. The first-order valence-corrected chi connectivity index (χ1v) is 6.92. The van der Waals surface area contributed by atoms with Gasteiger partial charge in [0.15, 0.2) is 0 Å². The minimum Gasteiger partial charge on any atom is -0.481 e. The van der Waals surface area contributed by atoms with Crippen molar-refractivity contribution in [3.8, 4) is 5.69 Å². The number of carboxylic acids is 1. The van der Waals surface area contributed by atoms with Crippen LogP contribution in [-0.4, -0.2) is 33.4 Å². The molecule has 22 heavy (non-hydrogen) atoms. The Hall–Kier alpha value is -2.83.